The van der Waals surface area contributed by atoms with Crippen molar-refractivity contribution in [3.8, 4) is 5.75 Å². The molecule has 0 radical (unpaired) electrons. The van der Waals surface area contributed by atoms with Gasteiger partial charge in [0.2, 0.25) is 5.91 Å². The number of hydrogen-bond acceptors (Lipinski definition) is 4. The molecule has 1 amide bonds. The van der Waals surface area contributed by atoms with Crippen LogP contribution in [0.5, 0.6) is 5.75 Å². The number of piperazine rings is 1. The van der Waals surface area contributed by atoms with Crippen molar-refractivity contribution in [1.29, 1.82) is 0 Å². The van der Waals surface area contributed by atoms with Crippen LogP contribution in [0.1, 0.15) is 24.0 Å². The first-order valence-electron chi connectivity index (χ1n) is 10.6. The molecule has 1 saturated carbocycles. The van der Waals surface area contributed by atoms with Crippen molar-refractivity contribution in [1.82, 2.24) is 9.80 Å². The summed E-state index contributed by atoms with van der Waals surface area (Å²) in [4.78, 5) is 19.9. The van der Waals surface area contributed by atoms with E-state index in [4.69, 9.17) is 4.74 Å². The van der Waals surface area contributed by atoms with Gasteiger partial charge in [0, 0.05) is 44.5 Å². The summed E-state index contributed by atoms with van der Waals surface area (Å²) in [7, 11) is 1.67. The molecule has 4 rings (SSSR count). The zero-order valence-corrected chi connectivity index (χ0v) is 17.5. The molecule has 0 atom stereocenters. The number of ether oxygens (including phenoxy) is 1. The Kier molecular flexibility index (Phi) is 6.05. The summed E-state index contributed by atoms with van der Waals surface area (Å²) in [5.41, 5.74) is 3.80. The first-order valence-corrected chi connectivity index (χ1v) is 10.6. The average Bonchev–Trinajstić information content (AvgIpc) is 3.58. The Labute approximate surface area is 173 Å². The zero-order valence-electron chi connectivity index (χ0n) is 17.5. The van der Waals surface area contributed by atoms with Gasteiger partial charge < -0.3 is 14.5 Å². The summed E-state index contributed by atoms with van der Waals surface area (Å²) in [6.45, 7) is 7.19. The fourth-order valence-electron chi connectivity index (χ4n) is 4.08. The number of anilines is 1. The van der Waals surface area contributed by atoms with Gasteiger partial charge in [-0.1, -0.05) is 30.3 Å². The molecular weight excluding hydrogens is 362 g/mol. The standard InChI is InChI=1S/C24H31N3O2/c1-19-5-3-4-6-23(19)26-15-13-25(14-16-26)18-24(28)27(21-9-10-21)17-20-7-11-22(29-2)12-8-20/h3-8,11-12,21H,9-10,13-18H2,1-2H3. The van der Waals surface area contributed by atoms with Crippen molar-refractivity contribution in [3.05, 3.63) is 59.7 Å². The predicted molar refractivity (Wildman–Crippen MR) is 116 cm³/mol. The fourth-order valence-corrected chi connectivity index (χ4v) is 4.08. The van der Waals surface area contributed by atoms with E-state index < -0.39 is 0 Å². The Bertz CT molecular complexity index is 824. The Morgan fingerprint density at radius 3 is 2.34 bits per heavy atom. The van der Waals surface area contributed by atoms with Gasteiger partial charge in [-0.25, -0.2) is 0 Å². The van der Waals surface area contributed by atoms with Crippen LogP contribution >= 0.6 is 0 Å². The smallest absolute Gasteiger partial charge is 0.237 e. The van der Waals surface area contributed by atoms with Crippen LogP contribution in [0.25, 0.3) is 0 Å². The maximum absolute atomic E-state index is 13.1. The van der Waals surface area contributed by atoms with E-state index in [-0.39, 0.29) is 5.91 Å². The molecule has 0 unspecified atom stereocenters. The van der Waals surface area contributed by atoms with E-state index in [9.17, 15) is 4.79 Å². The number of hydrogen-bond donors (Lipinski definition) is 0. The monoisotopic (exact) mass is 393 g/mol. The van der Waals surface area contributed by atoms with Crippen molar-refractivity contribution in [2.75, 3.05) is 44.7 Å². The second-order valence-corrected chi connectivity index (χ2v) is 8.15. The number of aryl methyl sites for hydroxylation is 1. The van der Waals surface area contributed by atoms with Crippen molar-refractivity contribution in [3.63, 3.8) is 0 Å². The third-order valence-corrected chi connectivity index (χ3v) is 6.01. The molecule has 0 aromatic heterocycles. The first-order chi connectivity index (χ1) is 14.1. The van der Waals surface area contributed by atoms with Gasteiger partial charge in [0.05, 0.1) is 13.7 Å². The highest BCUT2D eigenvalue weighted by Crippen LogP contribution is 2.29. The van der Waals surface area contributed by atoms with E-state index in [0.29, 0.717) is 19.1 Å². The predicted octanol–water partition coefficient (Wildman–Crippen LogP) is 3.32. The van der Waals surface area contributed by atoms with Gasteiger partial charge in [-0.2, -0.15) is 0 Å². The SMILES string of the molecule is COc1ccc(CN(C(=O)CN2CCN(c3ccccc3C)CC2)C2CC2)cc1. The summed E-state index contributed by atoms with van der Waals surface area (Å²) in [5.74, 6) is 1.11. The molecule has 1 heterocycles. The molecule has 5 heteroatoms. The van der Waals surface area contributed by atoms with Gasteiger partial charge in [0.25, 0.3) is 0 Å². The minimum absolute atomic E-state index is 0.257. The summed E-state index contributed by atoms with van der Waals surface area (Å²) in [6, 6.07) is 17.0. The number of methoxy groups -OCH3 is 1. The van der Waals surface area contributed by atoms with Crippen LogP contribution in [-0.2, 0) is 11.3 Å². The molecule has 0 bridgehead atoms. The molecular formula is C24H31N3O2. The van der Waals surface area contributed by atoms with Crippen LogP contribution in [0, 0.1) is 6.92 Å². The maximum atomic E-state index is 13.1. The van der Waals surface area contributed by atoms with Gasteiger partial charge in [0.15, 0.2) is 0 Å². The molecule has 2 fully saturated rings. The highest BCUT2D eigenvalue weighted by molar-refractivity contribution is 5.79. The van der Waals surface area contributed by atoms with Gasteiger partial charge in [-0.05, 0) is 49.1 Å². The molecule has 1 aliphatic carbocycles. The van der Waals surface area contributed by atoms with Crippen LogP contribution in [0.2, 0.25) is 0 Å². The molecule has 5 nitrogen and oxygen atoms in total. The Morgan fingerprint density at radius 1 is 1.03 bits per heavy atom. The van der Waals surface area contributed by atoms with E-state index in [0.717, 1.165) is 50.3 Å². The summed E-state index contributed by atoms with van der Waals surface area (Å²) < 4.78 is 5.24. The normalized spacial score (nSPS) is 17.2. The molecule has 2 aromatic carbocycles. The van der Waals surface area contributed by atoms with Crippen molar-refractivity contribution < 1.29 is 9.53 Å². The van der Waals surface area contributed by atoms with Crippen molar-refractivity contribution in [2.24, 2.45) is 0 Å². The minimum Gasteiger partial charge on any atom is -0.497 e. The second-order valence-electron chi connectivity index (χ2n) is 8.15. The third kappa shape index (κ3) is 4.91. The zero-order chi connectivity index (χ0) is 20.2. The lowest BCUT2D eigenvalue weighted by Crippen LogP contribution is -2.50. The van der Waals surface area contributed by atoms with E-state index >= 15 is 0 Å². The maximum Gasteiger partial charge on any atom is 0.237 e. The fraction of sp³-hybridized carbons (Fsp3) is 0.458. The number of amides is 1. The van der Waals surface area contributed by atoms with Gasteiger partial charge in [-0.3, -0.25) is 9.69 Å². The van der Waals surface area contributed by atoms with E-state index in [2.05, 4.69) is 58.0 Å². The lowest BCUT2D eigenvalue weighted by atomic mass is 10.1. The molecule has 0 spiro atoms. The quantitative estimate of drug-likeness (QED) is 0.723. The second kappa shape index (κ2) is 8.87. The summed E-state index contributed by atoms with van der Waals surface area (Å²) >= 11 is 0. The number of carbonyl (C=O) groups excluding carboxylic acids is 1. The lowest BCUT2D eigenvalue weighted by molar-refractivity contribution is -0.133. The lowest BCUT2D eigenvalue weighted by Gasteiger charge is -2.37. The van der Waals surface area contributed by atoms with Crippen molar-refractivity contribution in [2.45, 2.75) is 32.4 Å². The largest absolute Gasteiger partial charge is 0.497 e. The average molecular weight is 394 g/mol. The molecule has 0 N–H and O–H groups in total. The molecule has 2 aromatic rings. The van der Waals surface area contributed by atoms with Crippen LogP contribution in [0.3, 0.4) is 0 Å². The highest BCUT2D eigenvalue weighted by atomic mass is 16.5. The van der Waals surface area contributed by atoms with Gasteiger partial charge >= 0.3 is 0 Å². The van der Waals surface area contributed by atoms with Crippen LogP contribution in [-0.4, -0.2) is 61.6 Å². The van der Waals surface area contributed by atoms with Crippen LogP contribution in [0.15, 0.2) is 48.5 Å². The summed E-state index contributed by atoms with van der Waals surface area (Å²) in [5, 5.41) is 0. The third-order valence-electron chi connectivity index (χ3n) is 6.01. The number of nitrogens with zero attached hydrogens (tertiary/aromatic N) is 3. The molecule has 1 aliphatic heterocycles. The highest BCUT2D eigenvalue weighted by Gasteiger charge is 2.33. The number of carbonyl (C=O) groups is 1. The van der Waals surface area contributed by atoms with Gasteiger partial charge in [0.1, 0.15) is 5.75 Å². The molecule has 154 valence electrons. The number of benzene rings is 2. The van der Waals surface area contributed by atoms with E-state index in [1.165, 1.54) is 11.3 Å². The molecule has 29 heavy (non-hydrogen) atoms. The number of para-hydroxylation sites is 1. The van der Waals surface area contributed by atoms with E-state index in [1.54, 1.807) is 7.11 Å². The van der Waals surface area contributed by atoms with Gasteiger partial charge in [-0.15, -0.1) is 0 Å². The Morgan fingerprint density at radius 2 is 1.72 bits per heavy atom. The van der Waals surface area contributed by atoms with Crippen LogP contribution < -0.4 is 9.64 Å². The van der Waals surface area contributed by atoms with Crippen molar-refractivity contribution >= 4 is 11.6 Å². The Hall–Kier alpha value is -2.53. The minimum atomic E-state index is 0.257. The molecule has 1 saturated heterocycles. The van der Waals surface area contributed by atoms with E-state index in [1.807, 2.05) is 12.1 Å². The van der Waals surface area contributed by atoms with Crippen LogP contribution in [0.4, 0.5) is 5.69 Å². The Balaban J connectivity index is 1.32. The molecule has 2 aliphatic rings. The number of rotatable bonds is 7. The first kappa shape index (κ1) is 19.8. The summed E-state index contributed by atoms with van der Waals surface area (Å²) in [6.07, 6.45) is 2.26. The topological polar surface area (TPSA) is 36.0 Å².